The van der Waals surface area contributed by atoms with E-state index < -0.39 is 7.49 Å². The summed E-state index contributed by atoms with van der Waals surface area (Å²) in [6, 6.07) is 0. The minimum absolute atomic E-state index is 0.291. The van der Waals surface area contributed by atoms with Gasteiger partial charge in [-0.05, 0) is 39.5 Å². The van der Waals surface area contributed by atoms with Gasteiger partial charge in [-0.1, -0.05) is 27.7 Å². The summed E-state index contributed by atoms with van der Waals surface area (Å²) in [5.74, 6) is 1.35. The van der Waals surface area contributed by atoms with Crippen molar-refractivity contribution in [1.29, 1.82) is 0 Å². The molecule has 3 heteroatoms. The summed E-state index contributed by atoms with van der Waals surface area (Å²) >= 11 is 0. The van der Waals surface area contributed by atoms with E-state index in [9.17, 15) is 0 Å². The molecule has 0 atom stereocenters. The molecule has 0 N–H and O–H groups in total. The predicted molar refractivity (Wildman–Crippen MR) is 83.6 cm³/mol. The van der Waals surface area contributed by atoms with E-state index >= 15 is 0 Å². The van der Waals surface area contributed by atoms with Crippen molar-refractivity contribution in [3.05, 3.63) is 0 Å². The molecular weight excluding hydrogens is 243 g/mol. The average Bonchev–Trinajstić information content (AvgIpc) is 2.11. The standard InChI is InChI=1S/C15H34O2P/c1-12(2)9-18(10-13(3)4,17-15(7)8)11-16-14(5)6/h12-15H,9-11H2,1-8H3/q+1. The fourth-order valence-electron chi connectivity index (χ4n) is 2.36. The maximum Gasteiger partial charge on any atom is 0.184 e. The van der Waals surface area contributed by atoms with Crippen molar-refractivity contribution in [2.24, 2.45) is 11.8 Å². The molecule has 0 saturated heterocycles. The molecular formula is C15H34O2P+. The maximum absolute atomic E-state index is 6.40. The summed E-state index contributed by atoms with van der Waals surface area (Å²) in [7, 11) is -1.44. The Balaban J connectivity index is 4.85. The molecule has 0 radical (unpaired) electrons. The van der Waals surface area contributed by atoms with E-state index in [1.165, 1.54) is 12.3 Å². The van der Waals surface area contributed by atoms with Crippen molar-refractivity contribution in [3.63, 3.8) is 0 Å². The normalized spacial score (nSPS) is 13.3. The van der Waals surface area contributed by atoms with E-state index in [0.717, 1.165) is 6.35 Å². The lowest BCUT2D eigenvalue weighted by Gasteiger charge is -2.30. The highest BCUT2D eigenvalue weighted by Gasteiger charge is 2.42. The van der Waals surface area contributed by atoms with Gasteiger partial charge in [0, 0.05) is 0 Å². The van der Waals surface area contributed by atoms with E-state index in [1.807, 2.05) is 0 Å². The Labute approximate surface area is 115 Å². The Bertz CT molecular complexity index is 186. The van der Waals surface area contributed by atoms with E-state index in [2.05, 4.69) is 55.4 Å². The quantitative estimate of drug-likeness (QED) is 0.550. The molecule has 0 fully saturated rings. The van der Waals surface area contributed by atoms with Crippen LogP contribution in [-0.4, -0.2) is 30.9 Å². The van der Waals surface area contributed by atoms with Crippen LogP contribution in [0, 0.1) is 11.8 Å². The summed E-state index contributed by atoms with van der Waals surface area (Å²) in [6.07, 6.45) is 3.76. The Morgan fingerprint density at radius 1 is 0.722 bits per heavy atom. The van der Waals surface area contributed by atoms with Crippen molar-refractivity contribution in [3.8, 4) is 0 Å². The molecule has 0 unspecified atom stereocenters. The first kappa shape index (κ1) is 18.4. The largest absolute Gasteiger partial charge is 0.341 e. The average molecular weight is 277 g/mol. The van der Waals surface area contributed by atoms with Gasteiger partial charge in [0.2, 0.25) is 0 Å². The lowest BCUT2D eigenvalue weighted by atomic mass is 10.3. The summed E-state index contributed by atoms with van der Waals surface area (Å²) < 4.78 is 12.3. The third kappa shape index (κ3) is 8.45. The van der Waals surface area contributed by atoms with Gasteiger partial charge in [0.05, 0.1) is 24.5 Å². The fraction of sp³-hybridized carbons (Fsp3) is 1.00. The number of hydrogen-bond donors (Lipinski definition) is 0. The second-order valence-electron chi connectivity index (χ2n) is 6.71. The van der Waals surface area contributed by atoms with Crippen LogP contribution in [0.3, 0.4) is 0 Å². The second kappa shape index (κ2) is 8.51. The van der Waals surface area contributed by atoms with Crippen LogP contribution >= 0.6 is 7.49 Å². The molecule has 0 aliphatic rings. The van der Waals surface area contributed by atoms with E-state index in [1.54, 1.807) is 0 Å². The van der Waals surface area contributed by atoms with Crippen LogP contribution in [0.15, 0.2) is 0 Å². The van der Waals surface area contributed by atoms with Gasteiger partial charge < -0.3 is 4.74 Å². The van der Waals surface area contributed by atoms with Gasteiger partial charge in [-0.15, -0.1) is 0 Å². The molecule has 110 valence electrons. The van der Waals surface area contributed by atoms with E-state index in [0.29, 0.717) is 24.0 Å². The van der Waals surface area contributed by atoms with Crippen molar-refractivity contribution in [2.75, 3.05) is 18.7 Å². The van der Waals surface area contributed by atoms with Crippen LogP contribution < -0.4 is 0 Å². The van der Waals surface area contributed by atoms with Crippen LogP contribution in [0.1, 0.15) is 55.4 Å². The third-order valence-electron chi connectivity index (χ3n) is 2.47. The zero-order valence-corrected chi connectivity index (χ0v) is 14.6. The lowest BCUT2D eigenvalue weighted by Crippen LogP contribution is -2.23. The number of ether oxygens (including phenoxy) is 1. The Morgan fingerprint density at radius 2 is 1.17 bits per heavy atom. The highest BCUT2D eigenvalue weighted by atomic mass is 31.2. The molecule has 2 nitrogen and oxygen atoms in total. The van der Waals surface area contributed by atoms with Crippen molar-refractivity contribution >= 4 is 7.49 Å². The van der Waals surface area contributed by atoms with Crippen molar-refractivity contribution in [2.45, 2.75) is 67.6 Å². The molecule has 0 bridgehead atoms. The van der Waals surface area contributed by atoms with Crippen LogP contribution in [0.25, 0.3) is 0 Å². The van der Waals surface area contributed by atoms with Gasteiger partial charge in [0.1, 0.15) is 0 Å². The van der Waals surface area contributed by atoms with Gasteiger partial charge in [0.25, 0.3) is 0 Å². The van der Waals surface area contributed by atoms with Crippen LogP contribution in [-0.2, 0) is 9.26 Å². The highest BCUT2D eigenvalue weighted by Crippen LogP contribution is 2.63. The smallest absolute Gasteiger partial charge is 0.184 e. The molecule has 0 aliphatic heterocycles. The van der Waals surface area contributed by atoms with Crippen molar-refractivity contribution in [1.82, 2.24) is 0 Å². The first-order valence-corrected chi connectivity index (χ1v) is 9.59. The first-order valence-electron chi connectivity index (χ1n) is 7.33. The monoisotopic (exact) mass is 277 g/mol. The summed E-state index contributed by atoms with van der Waals surface area (Å²) in [4.78, 5) is 0. The topological polar surface area (TPSA) is 18.5 Å². The van der Waals surface area contributed by atoms with Gasteiger partial charge in [-0.3, -0.25) is 0 Å². The first-order chi connectivity index (χ1) is 8.17. The molecule has 0 aromatic rings. The number of rotatable bonds is 9. The Morgan fingerprint density at radius 3 is 1.44 bits per heavy atom. The fourth-order valence-corrected chi connectivity index (χ4v) is 7.08. The second-order valence-corrected chi connectivity index (χ2v) is 10.0. The summed E-state index contributed by atoms with van der Waals surface area (Å²) in [5, 5.41) is 0. The Kier molecular flexibility index (Phi) is 8.67. The zero-order valence-electron chi connectivity index (χ0n) is 13.7. The lowest BCUT2D eigenvalue weighted by molar-refractivity contribution is 0.104. The molecule has 0 aromatic heterocycles. The molecule has 0 heterocycles. The predicted octanol–water partition coefficient (Wildman–Crippen LogP) is 5.04. The summed E-state index contributed by atoms with van der Waals surface area (Å²) in [6.45, 7) is 17.6. The zero-order chi connectivity index (χ0) is 14.3. The van der Waals surface area contributed by atoms with Crippen LogP contribution in [0.2, 0.25) is 0 Å². The molecule has 0 aromatic carbocycles. The molecule has 0 spiro atoms. The van der Waals surface area contributed by atoms with Crippen LogP contribution in [0.4, 0.5) is 0 Å². The van der Waals surface area contributed by atoms with E-state index in [-0.39, 0.29) is 0 Å². The summed E-state index contributed by atoms with van der Waals surface area (Å²) in [5.41, 5.74) is 0. The van der Waals surface area contributed by atoms with E-state index in [4.69, 9.17) is 9.26 Å². The Hall–Kier alpha value is 0.350. The molecule has 0 amide bonds. The van der Waals surface area contributed by atoms with Gasteiger partial charge in [-0.2, -0.15) is 0 Å². The highest BCUT2D eigenvalue weighted by molar-refractivity contribution is 7.71. The molecule has 0 rings (SSSR count). The molecule has 0 aliphatic carbocycles. The minimum Gasteiger partial charge on any atom is -0.341 e. The molecule has 0 saturated carbocycles. The van der Waals surface area contributed by atoms with Crippen LogP contribution in [0.5, 0.6) is 0 Å². The molecule has 18 heavy (non-hydrogen) atoms. The minimum atomic E-state index is -1.44. The third-order valence-corrected chi connectivity index (χ3v) is 6.75. The van der Waals surface area contributed by atoms with Gasteiger partial charge >= 0.3 is 0 Å². The van der Waals surface area contributed by atoms with Gasteiger partial charge in [-0.25, -0.2) is 4.52 Å². The van der Waals surface area contributed by atoms with Gasteiger partial charge in [0.15, 0.2) is 13.8 Å². The maximum atomic E-state index is 6.40. The number of hydrogen-bond acceptors (Lipinski definition) is 2. The van der Waals surface area contributed by atoms with Crippen molar-refractivity contribution < 1.29 is 9.26 Å². The SMILES string of the molecule is CC(C)C[P+](COC(C)C)(CC(C)C)OC(C)C.